The first-order valence-electron chi connectivity index (χ1n) is 6.85. The number of aliphatic hydroxyl groups is 1. The predicted octanol–water partition coefficient (Wildman–Crippen LogP) is 2.09. The average Bonchev–Trinajstić information content (AvgIpc) is 3.22. The van der Waals surface area contributed by atoms with Crippen molar-refractivity contribution < 1.29 is 9.84 Å². The maximum Gasteiger partial charge on any atom is 0.0681 e. The summed E-state index contributed by atoms with van der Waals surface area (Å²) >= 11 is 0. The van der Waals surface area contributed by atoms with Gasteiger partial charge in [0.05, 0.1) is 6.61 Å². The van der Waals surface area contributed by atoms with E-state index in [-0.39, 0.29) is 6.61 Å². The van der Waals surface area contributed by atoms with Crippen LogP contribution in [0.25, 0.3) is 0 Å². The summed E-state index contributed by atoms with van der Waals surface area (Å²) in [5.41, 5.74) is 2.22. The molecule has 0 spiro atoms. The Morgan fingerprint density at radius 3 is 2.56 bits per heavy atom. The minimum Gasteiger partial charge on any atom is -0.392 e. The number of hydrogen-bond acceptors (Lipinski definition) is 3. The molecular weight excluding hydrogens is 226 g/mol. The van der Waals surface area contributed by atoms with Crippen molar-refractivity contribution in [1.82, 2.24) is 5.32 Å². The minimum atomic E-state index is 0.117. The molecule has 0 unspecified atom stereocenters. The molecule has 0 bridgehead atoms. The van der Waals surface area contributed by atoms with Crippen LogP contribution in [0.1, 0.15) is 30.4 Å². The standard InChI is InChI=1S/C15H23NO2/c17-11-14-4-2-13(3-5-14)10-16-8-1-9-18-12-15-6-7-15/h2-5,15-17H,1,6-12H2. The fourth-order valence-electron chi connectivity index (χ4n) is 1.83. The largest absolute Gasteiger partial charge is 0.392 e. The van der Waals surface area contributed by atoms with E-state index < -0.39 is 0 Å². The Morgan fingerprint density at radius 1 is 1.17 bits per heavy atom. The van der Waals surface area contributed by atoms with E-state index in [0.717, 1.165) is 44.2 Å². The third-order valence-corrected chi connectivity index (χ3v) is 3.23. The number of hydrogen-bond donors (Lipinski definition) is 2. The van der Waals surface area contributed by atoms with Crippen LogP contribution >= 0.6 is 0 Å². The highest BCUT2D eigenvalue weighted by Gasteiger charge is 2.20. The van der Waals surface area contributed by atoms with Crippen LogP contribution in [-0.4, -0.2) is 24.9 Å². The van der Waals surface area contributed by atoms with Gasteiger partial charge in [0.25, 0.3) is 0 Å². The van der Waals surface area contributed by atoms with Gasteiger partial charge in [-0.05, 0) is 42.9 Å². The van der Waals surface area contributed by atoms with E-state index in [9.17, 15) is 0 Å². The Bertz CT molecular complexity index is 333. The smallest absolute Gasteiger partial charge is 0.0681 e. The van der Waals surface area contributed by atoms with Crippen molar-refractivity contribution in [1.29, 1.82) is 0 Å². The number of benzene rings is 1. The van der Waals surface area contributed by atoms with E-state index in [1.54, 1.807) is 0 Å². The highest BCUT2D eigenvalue weighted by atomic mass is 16.5. The quantitative estimate of drug-likeness (QED) is 0.658. The molecule has 0 aromatic heterocycles. The summed E-state index contributed by atoms with van der Waals surface area (Å²) in [7, 11) is 0. The van der Waals surface area contributed by atoms with Crippen molar-refractivity contribution in [3.05, 3.63) is 35.4 Å². The van der Waals surface area contributed by atoms with Gasteiger partial charge in [-0.15, -0.1) is 0 Å². The highest BCUT2D eigenvalue weighted by Crippen LogP contribution is 2.28. The Morgan fingerprint density at radius 2 is 1.89 bits per heavy atom. The van der Waals surface area contributed by atoms with E-state index in [1.165, 1.54) is 18.4 Å². The zero-order valence-corrected chi connectivity index (χ0v) is 10.9. The van der Waals surface area contributed by atoms with E-state index in [2.05, 4.69) is 17.4 Å². The molecule has 2 N–H and O–H groups in total. The van der Waals surface area contributed by atoms with Crippen LogP contribution in [0.2, 0.25) is 0 Å². The van der Waals surface area contributed by atoms with Crippen molar-refractivity contribution in [3.63, 3.8) is 0 Å². The van der Waals surface area contributed by atoms with E-state index in [0.29, 0.717) is 0 Å². The molecular formula is C15H23NO2. The Balaban J connectivity index is 1.48. The number of rotatable bonds is 9. The molecule has 0 radical (unpaired) electrons. The summed E-state index contributed by atoms with van der Waals surface area (Å²) in [6, 6.07) is 8.05. The lowest BCUT2D eigenvalue weighted by atomic mass is 10.1. The van der Waals surface area contributed by atoms with Gasteiger partial charge in [0.2, 0.25) is 0 Å². The number of nitrogens with one attached hydrogen (secondary N) is 1. The summed E-state index contributed by atoms with van der Waals surface area (Å²) in [4.78, 5) is 0. The summed E-state index contributed by atoms with van der Waals surface area (Å²) in [5, 5.41) is 12.3. The van der Waals surface area contributed by atoms with E-state index >= 15 is 0 Å². The molecule has 18 heavy (non-hydrogen) atoms. The van der Waals surface area contributed by atoms with Gasteiger partial charge in [0.1, 0.15) is 0 Å². The molecule has 0 saturated heterocycles. The van der Waals surface area contributed by atoms with Crippen LogP contribution in [0, 0.1) is 5.92 Å². The summed E-state index contributed by atoms with van der Waals surface area (Å²) < 4.78 is 5.57. The highest BCUT2D eigenvalue weighted by molar-refractivity contribution is 5.21. The summed E-state index contributed by atoms with van der Waals surface area (Å²) in [5.74, 6) is 0.864. The normalized spacial score (nSPS) is 14.9. The molecule has 0 atom stereocenters. The molecule has 3 nitrogen and oxygen atoms in total. The second-order valence-corrected chi connectivity index (χ2v) is 5.02. The Hall–Kier alpha value is -0.900. The average molecular weight is 249 g/mol. The number of ether oxygens (including phenoxy) is 1. The zero-order valence-electron chi connectivity index (χ0n) is 10.9. The molecule has 0 aliphatic heterocycles. The molecule has 0 heterocycles. The van der Waals surface area contributed by atoms with Crippen LogP contribution in [0.15, 0.2) is 24.3 Å². The number of aliphatic hydroxyl groups excluding tert-OH is 1. The third-order valence-electron chi connectivity index (χ3n) is 3.23. The second-order valence-electron chi connectivity index (χ2n) is 5.02. The molecule has 1 aromatic rings. The monoisotopic (exact) mass is 249 g/mol. The maximum atomic E-state index is 8.94. The van der Waals surface area contributed by atoms with Crippen molar-refractivity contribution in [2.75, 3.05) is 19.8 Å². The molecule has 2 rings (SSSR count). The lowest BCUT2D eigenvalue weighted by Crippen LogP contribution is -2.16. The SMILES string of the molecule is OCc1ccc(CNCCCOCC2CC2)cc1. The van der Waals surface area contributed by atoms with Crippen LogP contribution in [-0.2, 0) is 17.9 Å². The summed E-state index contributed by atoms with van der Waals surface area (Å²) in [6.07, 6.45) is 3.80. The minimum absolute atomic E-state index is 0.117. The van der Waals surface area contributed by atoms with Crippen molar-refractivity contribution in [2.45, 2.75) is 32.4 Å². The molecule has 100 valence electrons. The van der Waals surface area contributed by atoms with Gasteiger partial charge in [-0.2, -0.15) is 0 Å². The predicted molar refractivity (Wildman–Crippen MR) is 72.2 cm³/mol. The first-order chi connectivity index (χ1) is 8.88. The van der Waals surface area contributed by atoms with Crippen LogP contribution < -0.4 is 5.32 Å². The lowest BCUT2D eigenvalue weighted by molar-refractivity contribution is 0.122. The Labute approximate surface area is 109 Å². The maximum absolute atomic E-state index is 8.94. The van der Waals surface area contributed by atoms with Crippen LogP contribution in [0.5, 0.6) is 0 Å². The molecule has 1 aliphatic rings. The molecule has 1 aliphatic carbocycles. The van der Waals surface area contributed by atoms with Gasteiger partial charge < -0.3 is 15.2 Å². The van der Waals surface area contributed by atoms with Gasteiger partial charge in [-0.25, -0.2) is 0 Å². The molecule has 1 saturated carbocycles. The molecule has 1 fully saturated rings. The summed E-state index contributed by atoms with van der Waals surface area (Å²) in [6.45, 7) is 3.82. The molecule has 1 aromatic carbocycles. The fourth-order valence-corrected chi connectivity index (χ4v) is 1.83. The van der Waals surface area contributed by atoms with Gasteiger partial charge in [0, 0.05) is 19.8 Å². The molecule has 0 amide bonds. The van der Waals surface area contributed by atoms with Gasteiger partial charge in [-0.1, -0.05) is 24.3 Å². The molecule has 3 heteroatoms. The lowest BCUT2D eigenvalue weighted by Gasteiger charge is -2.06. The van der Waals surface area contributed by atoms with Gasteiger partial charge in [0.15, 0.2) is 0 Å². The third kappa shape index (κ3) is 5.17. The van der Waals surface area contributed by atoms with Gasteiger partial charge in [-0.3, -0.25) is 0 Å². The van der Waals surface area contributed by atoms with Gasteiger partial charge >= 0.3 is 0 Å². The first kappa shape index (κ1) is 13.5. The van der Waals surface area contributed by atoms with Crippen molar-refractivity contribution in [2.24, 2.45) is 5.92 Å². The first-order valence-corrected chi connectivity index (χ1v) is 6.85. The Kier molecular flexibility index (Phi) is 5.65. The van der Waals surface area contributed by atoms with Crippen LogP contribution in [0.4, 0.5) is 0 Å². The fraction of sp³-hybridized carbons (Fsp3) is 0.600. The van der Waals surface area contributed by atoms with Crippen LogP contribution in [0.3, 0.4) is 0 Å². The zero-order chi connectivity index (χ0) is 12.6. The van der Waals surface area contributed by atoms with E-state index in [1.807, 2.05) is 12.1 Å². The topological polar surface area (TPSA) is 41.5 Å². The second kappa shape index (κ2) is 7.52. The van der Waals surface area contributed by atoms with Crippen molar-refractivity contribution in [3.8, 4) is 0 Å². The van der Waals surface area contributed by atoms with Crippen molar-refractivity contribution >= 4 is 0 Å². The van der Waals surface area contributed by atoms with E-state index in [4.69, 9.17) is 9.84 Å².